The molecule has 3 heterocycles. The minimum absolute atomic E-state index is 0.0352. The van der Waals surface area contributed by atoms with Crippen LogP contribution in [0.5, 0.6) is 0 Å². The number of carbonyl (C=O) groups excluding carboxylic acids is 4. The maximum absolute atomic E-state index is 14.2. The predicted octanol–water partition coefficient (Wildman–Crippen LogP) is 4.73. The molecular weight excluding hydrogens is 538 g/mol. The van der Waals surface area contributed by atoms with Crippen LogP contribution in [-0.2, 0) is 19.8 Å². The quantitative estimate of drug-likeness (QED) is 0.420. The number of hydrogen-bond donors (Lipinski definition) is 2. The molecule has 0 bridgehead atoms. The van der Waals surface area contributed by atoms with E-state index in [4.69, 9.17) is 6.57 Å². The van der Waals surface area contributed by atoms with E-state index in [0.29, 0.717) is 29.3 Å². The van der Waals surface area contributed by atoms with Crippen molar-refractivity contribution < 1.29 is 19.2 Å². The number of likely N-dealkylation sites (tertiary alicyclic amines) is 1. The van der Waals surface area contributed by atoms with Crippen molar-refractivity contribution in [2.75, 3.05) is 11.9 Å². The molecular formula is C31H37N5O4S. The molecule has 1 aromatic heterocycles. The molecule has 1 aliphatic carbocycles. The Morgan fingerprint density at radius 2 is 2.00 bits per heavy atom. The Morgan fingerprint density at radius 3 is 2.63 bits per heavy atom. The van der Waals surface area contributed by atoms with E-state index < -0.39 is 23.5 Å². The molecule has 0 unspecified atom stereocenters. The summed E-state index contributed by atoms with van der Waals surface area (Å²) in [5.41, 5.74) is 0.278. The first-order chi connectivity index (χ1) is 19.4. The Kier molecular flexibility index (Phi) is 7.77. The highest BCUT2D eigenvalue weighted by atomic mass is 32.1. The summed E-state index contributed by atoms with van der Waals surface area (Å²) in [6.45, 7) is 15.9. The zero-order valence-corrected chi connectivity index (χ0v) is 24.8. The number of anilines is 1. The lowest BCUT2D eigenvalue weighted by molar-refractivity contribution is -0.140. The number of nitrogens with one attached hydrogen (secondary N) is 2. The summed E-state index contributed by atoms with van der Waals surface area (Å²) in [7, 11) is 0. The molecule has 2 N–H and O–H groups in total. The van der Waals surface area contributed by atoms with Crippen LogP contribution in [-0.4, -0.2) is 52.1 Å². The van der Waals surface area contributed by atoms with Gasteiger partial charge in [0.15, 0.2) is 5.78 Å². The van der Waals surface area contributed by atoms with Crippen LogP contribution < -0.4 is 10.6 Å². The number of fused-ring (bicyclic) bond motifs is 2. The fourth-order valence-corrected chi connectivity index (χ4v) is 6.90. The van der Waals surface area contributed by atoms with Crippen LogP contribution >= 0.6 is 11.3 Å². The highest BCUT2D eigenvalue weighted by Crippen LogP contribution is 2.47. The summed E-state index contributed by atoms with van der Waals surface area (Å²) >= 11 is 1.28. The number of ketones is 1. The summed E-state index contributed by atoms with van der Waals surface area (Å²) in [4.78, 5) is 64.1. The molecule has 1 spiro atoms. The van der Waals surface area contributed by atoms with Crippen LogP contribution in [0.3, 0.4) is 0 Å². The van der Waals surface area contributed by atoms with Gasteiger partial charge in [0.2, 0.25) is 11.8 Å². The number of aromatic nitrogens is 1. The van der Waals surface area contributed by atoms with Crippen LogP contribution in [0.4, 0.5) is 5.69 Å². The molecule has 2 aromatic rings. The zero-order chi connectivity index (χ0) is 29.5. The van der Waals surface area contributed by atoms with Gasteiger partial charge in [0.25, 0.3) is 5.91 Å². The highest BCUT2D eigenvalue weighted by Gasteiger charge is 2.59. The molecule has 1 saturated heterocycles. The van der Waals surface area contributed by atoms with Crippen molar-refractivity contribution >= 4 is 40.5 Å². The molecule has 4 atom stereocenters. The number of hydrogen-bond acceptors (Lipinski definition) is 6. The van der Waals surface area contributed by atoms with Crippen molar-refractivity contribution in [2.24, 2.45) is 17.3 Å². The minimum Gasteiger partial charge on any atom is -0.341 e. The molecule has 5 rings (SSSR count). The van der Waals surface area contributed by atoms with Crippen LogP contribution in [0.15, 0.2) is 30.5 Å². The molecule has 3 aliphatic rings. The summed E-state index contributed by atoms with van der Waals surface area (Å²) < 4.78 is 0. The van der Waals surface area contributed by atoms with Crippen LogP contribution in [0.2, 0.25) is 0 Å². The second kappa shape index (κ2) is 11.0. The first-order valence-corrected chi connectivity index (χ1v) is 15.1. The zero-order valence-electron chi connectivity index (χ0n) is 24.0. The van der Waals surface area contributed by atoms with Gasteiger partial charge in [0.05, 0.1) is 23.7 Å². The highest BCUT2D eigenvalue weighted by molar-refractivity contribution is 7.13. The average Bonchev–Trinajstić information content (AvgIpc) is 3.37. The van der Waals surface area contributed by atoms with Gasteiger partial charge in [-0.25, -0.2) is 11.6 Å². The Morgan fingerprint density at radius 1 is 1.27 bits per heavy atom. The summed E-state index contributed by atoms with van der Waals surface area (Å²) in [5, 5.41) is 6.63. The smallest absolute Gasteiger partial charge is 0.302 e. The van der Waals surface area contributed by atoms with Gasteiger partial charge >= 0.3 is 6.17 Å². The van der Waals surface area contributed by atoms with E-state index in [1.54, 1.807) is 0 Å². The van der Waals surface area contributed by atoms with Crippen molar-refractivity contribution in [3.05, 3.63) is 57.3 Å². The fraction of sp³-hybridized carbons (Fsp3) is 0.548. The molecule has 9 nitrogen and oxygen atoms in total. The first-order valence-electron chi connectivity index (χ1n) is 14.2. The molecule has 10 heteroatoms. The minimum atomic E-state index is -0.979. The van der Waals surface area contributed by atoms with Crippen molar-refractivity contribution in [2.45, 2.75) is 83.8 Å². The summed E-state index contributed by atoms with van der Waals surface area (Å²) in [6, 6.07) is 6.74. The second-order valence-corrected chi connectivity index (χ2v) is 14.2. The van der Waals surface area contributed by atoms with Crippen LogP contribution in [0.25, 0.3) is 4.85 Å². The first kappa shape index (κ1) is 28.9. The molecule has 2 aliphatic heterocycles. The lowest BCUT2D eigenvalue weighted by Crippen LogP contribution is -2.46. The van der Waals surface area contributed by atoms with E-state index in [9.17, 15) is 19.2 Å². The molecule has 0 radical (unpaired) electrons. The summed E-state index contributed by atoms with van der Waals surface area (Å²) in [6.07, 6.45) is 3.94. The maximum atomic E-state index is 14.2. The second-order valence-electron chi connectivity index (χ2n) is 12.9. The van der Waals surface area contributed by atoms with Crippen molar-refractivity contribution in [3.8, 4) is 0 Å². The Bertz CT molecular complexity index is 1420. The lowest BCUT2D eigenvalue weighted by Gasteiger charge is -2.30. The van der Waals surface area contributed by atoms with E-state index in [0.717, 1.165) is 23.4 Å². The van der Waals surface area contributed by atoms with E-state index in [1.165, 1.54) is 22.4 Å². The van der Waals surface area contributed by atoms with Gasteiger partial charge in [0.1, 0.15) is 10.3 Å². The van der Waals surface area contributed by atoms with Crippen molar-refractivity contribution in [1.29, 1.82) is 0 Å². The molecule has 41 heavy (non-hydrogen) atoms. The SMILES string of the molecule is [C-]#[N+][C@@H]1C[C@@]2(CN1C(=O)[C@@H](CC(=O)[C@H](CC1CC1)NC(=O)c1cnc(C)s1)CC(C)(C)C)C(=O)Nc1ccccc12. The van der Waals surface area contributed by atoms with Crippen LogP contribution in [0, 0.1) is 30.7 Å². The Labute approximate surface area is 244 Å². The Balaban J connectivity index is 1.38. The molecule has 216 valence electrons. The van der Waals surface area contributed by atoms with Gasteiger partial charge in [-0.05, 0) is 42.7 Å². The number of aryl methyl sites for hydroxylation is 1. The van der Waals surface area contributed by atoms with E-state index in [2.05, 4.69) is 20.5 Å². The number of amides is 3. The largest absolute Gasteiger partial charge is 0.341 e. The maximum Gasteiger partial charge on any atom is 0.302 e. The summed E-state index contributed by atoms with van der Waals surface area (Å²) in [5.74, 6) is -1.27. The average molecular weight is 576 g/mol. The van der Waals surface area contributed by atoms with E-state index >= 15 is 0 Å². The Hall–Kier alpha value is -3.58. The van der Waals surface area contributed by atoms with E-state index in [1.807, 2.05) is 52.0 Å². The topological polar surface area (TPSA) is 113 Å². The van der Waals surface area contributed by atoms with Crippen molar-refractivity contribution in [1.82, 2.24) is 15.2 Å². The predicted molar refractivity (Wildman–Crippen MR) is 156 cm³/mol. The number of carbonyl (C=O) groups is 4. The molecule has 3 amide bonds. The van der Waals surface area contributed by atoms with Gasteiger partial charge in [-0.3, -0.25) is 28.9 Å². The van der Waals surface area contributed by atoms with Crippen molar-refractivity contribution in [3.63, 3.8) is 0 Å². The molecule has 1 aromatic carbocycles. The van der Waals surface area contributed by atoms with Gasteiger partial charge in [-0.15, -0.1) is 11.3 Å². The van der Waals surface area contributed by atoms with E-state index in [-0.39, 0.29) is 48.3 Å². The number of para-hydroxylation sites is 1. The number of Topliss-reactive ketones (excluding diaryl/α,β-unsaturated/α-hetero) is 1. The third-order valence-corrected chi connectivity index (χ3v) is 9.26. The fourth-order valence-electron chi connectivity index (χ4n) is 6.22. The van der Waals surface area contributed by atoms with Gasteiger partial charge in [-0.2, -0.15) is 0 Å². The molecule has 1 saturated carbocycles. The number of thiazole rings is 1. The third-order valence-electron chi connectivity index (χ3n) is 8.35. The van der Waals surface area contributed by atoms with Gasteiger partial charge in [0, 0.05) is 24.6 Å². The standard InChI is InChI=1S/C31H37N5O4S/c1-18-33-16-25(41-18)27(38)34-23(12-19-10-11-19)24(37)13-20(14-30(2,3)4)28(39)36-17-31(15-26(36)32-5)21-8-6-7-9-22(21)35-29(31)40/h6-9,16,19-20,23,26H,10-15,17H2,1-4H3,(H,34,38)(H,35,40)/t20-,23-,26-,31-/m0/s1. The van der Waals surface area contributed by atoms with Crippen LogP contribution in [0.1, 0.15) is 79.5 Å². The van der Waals surface area contributed by atoms with Gasteiger partial charge in [-0.1, -0.05) is 51.8 Å². The van der Waals surface area contributed by atoms with Gasteiger partial charge < -0.3 is 10.6 Å². The molecule has 2 fully saturated rings. The lowest BCUT2D eigenvalue weighted by atomic mass is 9.80. The normalized spacial score (nSPS) is 23.0. The number of benzene rings is 1. The number of rotatable bonds is 9. The third kappa shape index (κ3) is 6.05. The monoisotopic (exact) mass is 575 g/mol. The number of nitrogens with zero attached hydrogens (tertiary/aromatic N) is 3.